The Morgan fingerprint density at radius 2 is 0.480 bits per heavy atom. The second-order valence-electron chi connectivity index (χ2n) is 22.0. The molecule has 0 aliphatic heterocycles. The Balaban J connectivity index is 4.38. The van der Waals surface area contributed by atoms with Crippen LogP contribution in [0.1, 0.15) is 342 Å². The minimum Gasteiger partial charge on any atom is -0.462 e. The summed E-state index contributed by atoms with van der Waals surface area (Å²) in [5.74, 6) is -0.888. The van der Waals surface area contributed by atoms with E-state index in [0.717, 1.165) is 96.3 Å². The van der Waals surface area contributed by atoms with E-state index in [2.05, 4.69) is 81.5 Å². The van der Waals surface area contributed by atoms with Gasteiger partial charge in [-0.25, -0.2) is 0 Å². The van der Waals surface area contributed by atoms with E-state index in [1.165, 1.54) is 205 Å². The van der Waals surface area contributed by atoms with Gasteiger partial charge in [0.05, 0.1) is 0 Å². The fraction of sp³-hybridized carbons (Fsp3) is 0.812. The number of ether oxygens (including phenoxy) is 3. The quantitative estimate of drug-likeness (QED) is 0.0261. The first kappa shape index (κ1) is 72.1. The molecule has 0 aliphatic carbocycles. The Morgan fingerprint density at radius 1 is 0.267 bits per heavy atom. The van der Waals surface area contributed by atoms with Gasteiger partial charge in [-0.15, -0.1) is 0 Å². The highest BCUT2D eigenvalue weighted by atomic mass is 16.6. The van der Waals surface area contributed by atoms with Crippen molar-refractivity contribution in [1.82, 2.24) is 0 Å². The molecular formula is C69H124O6. The highest BCUT2D eigenvalue weighted by Crippen LogP contribution is 2.17. The number of hydrogen-bond acceptors (Lipinski definition) is 6. The maximum atomic E-state index is 12.9. The van der Waals surface area contributed by atoms with Crippen LogP contribution < -0.4 is 0 Å². The number of carbonyl (C=O) groups excluding carboxylic acids is 3. The highest BCUT2D eigenvalue weighted by molar-refractivity contribution is 5.71. The summed E-state index contributed by atoms with van der Waals surface area (Å²) in [5, 5.41) is 0. The molecule has 0 bridgehead atoms. The van der Waals surface area contributed by atoms with Gasteiger partial charge in [0, 0.05) is 19.3 Å². The van der Waals surface area contributed by atoms with Crippen LogP contribution in [0.15, 0.2) is 60.8 Å². The van der Waals surface area contributed by atoms with E-state index >= 15 is 0 Å². The molecule has 0 heterocycles. The van der Waals surface area contributed by atoms with Crippen molar-refractivity contribution < 1.29 is 28.6 Å². The van der Waals surface area contributed by atoms with E-state index in [-0.39, 0.29) is 31.1 Å². The number of unbranched alkanes of at least 4 members (excludes halogenated alkanes) is 39. The van der Waals surface area contributed by atoms with Crippen molar-refractivity contribution in [3.05, 3.63) is 60.8 Å². The van der Waals surface area contributed by atoms with Crippen molar-refractivity contribution in [3.63, 3.8) is 0 Å². The number of carbonyl (C=O) groups is 3. The summed E-state index contributed by atoms with van der Waals surface area (Å²) in [4.78, 5) is 38.4. The zero-order chi connectivity index (χ0) is 54.3. The Bertz CT molecular complexity index is 1340. The average Bonchev–Trinajstić information content (AvgIpc) is 3.41. The summed E-state index contributed by atoms with van der Waals surface area (Å²) in [7, 11) is 0. The fourth-order valence-electron chi connectivity index (χ4n) is 9.54. The molecule has 6 nitrogen and oxygen atoms in total. The van der Waals surface area contributed by atoms with Crippen molar-refractivity contribution in [2.24, 2.45) is 0 Å². The molecule has 0 rings (SSSR count). The average molecular weight is 1050 g/mol. The van der Waals surface area contributed by atoms with Crippen LogP contribution in [0.2, 0.25) is 0 Å². The molecule has 436 valence electrons. The largest absolute Gasteiger partial charge is 0.462 e. The lowest BCUT2D eigenvalue weighted by Crippen LogP contribution is -2.30. The Hall–Kier alpha value is -2.89. The minimum absolute atomic E-state index is 0.0828. The van der Waals surface area contributed by atoms with Crippen molar-refractivity contribution in [1.29, 1.82) is 0 Å². The molecule has 0 N–H and O–H groups in total. The molecule has 0 amide bonds. The van der Waals surface area contributed by atoms with Crippen LogP contribution in [0.25, 0.3) is 0 Å². The minimum atomic E-state index is -0.785. The second kappa shape index (κ2) is 63.6. The lowest BCUT2D eigenvalue weighted by atomic mass is 10.0. The standard InChI is InChI=1S/C69H124O6/c1-4-7-10-13-16-19-22-25-28-31-33-35-37-38-41-44-47-50-53-56-59-62-68(71)74-65-66(64-73-67(70)61-58-55-52-49-46-43-40-30-27-24-21-18-15-12-9-6-3)75-69(72)63-60-57-54-51-48-45-42-39-36-34-32-29-26-23-20-17-14-11-8-5-2/h21-22,24-25,30-31,33,37-38,40,66H,4-20,23,26-29,32,34-36,39,41-65H2,1-3H3/b24-21-,25-22-,33-31-,38-37-,40-30-. The van der Waals surface area contributed by atoms with Crippen LogP contribution in [-0.2, 0) is 28.6 Å². The first-order valence-corrected chi connectivity index (χ1v) is 32.8. The van der Waals surface area contributed by atoms with Gasteiger partial charge in [-0.05, 0) is 89.9 Å². The molecule has 6 heteroatoms. The summed E-state index contributed by atoms with van der Waals surface area (Å²) in [6.07, 6.45) is 80.8. The normalized spacial score (nSPS) is 12.4. The van der Waals surface area contributed by atoms with Gasteiger partial charge in [0.15, 0.2) is 6.10 Å². The summed E-state index contributed by atoms with van der Waals surface area (Å²) in [6.45, 7) is 6.64. The third-order valence-electron chi connectivity index (χ3n) is 14.5. The maximum Gasteiger partial charge on any atom is 0.306 e. The lowest BCUT2D eigenvalue weighted by molar-refractivity contribution is -0.167. The van der Waals surface area contributed by atoms with Crippen LogP contribution in [0.4, 0.5) is 0 Å². The van der Waals surface area contributed by atoms with E-state index in [4.69, 9.17) is 14.2 Å². The SMILES string of the molecule is CCCCCC/C=C\C/C=C\CCCCCCCC(=O)OCC(COC(=O)CCCCCCCC/C=C\C/C=C\C/C=C\CCCCCCC)OC(=O)CCCCCCCCCCCCCCCCCCCCCC. The third-order valence-corrected chi connectivity index (χ3v) is 14.5. The van der Waals surface area contributed by atoms with Crippen molar-refractivity contribution >= 4 is 17.9 Å². The maximum absolute atomic E-state index is 12.9. The van der Waals surface area contributed by atoms with E-state index in [0.29, 0.717) is 19.3 Å². The molecular weight excluding hydrogens is 925 g/mol. The molecule has 0 radical (unpaired) electrons. The zero-order valence-corrected chi connectivity index (χ0v) is 50.1. The molecule has 0 aromatic carbocycles. The van der Waals surface area contributed by atoms with E-state index in [9.17, 15) is 14.4 Å². The topological polar surface area (TPSA) is 78.9 Å². The molecule has 75 heavy (non-hydrogen) atoms. The predicted molar refractivity (Wildman–Crippen MR) is 325 cm³/mol. The first-order chi connectivity index (χ1) is 37.0. The van der Waals surface area contributed by atoms with E-state index in [1.807, 2.05) is 0 Å². The number of rotatable bonds is 60. The molecule has 0 aliphatic rings. The monoisotopic (exact) mass is 1050 g/mol. The van der Waals surface area contributed by atoms with Gasteiger partial charge in [0.2, 0.25) is 0 Å². The number of allylic oxidation sites excluding steroid dienone is 10. The Labute approximate surface area is 466 Å². The summed E-state index contributed by atoms with van der Waals surface area (Å²) in [5.41, 5.74) is 0. The van der Waals surface area contributed by atoms with Crippen LogP contribution in [0.5, 0.6) is 0 Å². The lowest BCUT2D eigenvalue weighted by Gasteiger charge is -2.18. The molecule has 1 unspecified atom stereocenters. The summed E-state index contributed by atoms with van der Waals surface area (Å²) >= 11 is 0. The predicted octanol–water partition coefficient (Wildman–Crippen LogP) is 22.3. The smallest absolute Gasteiger partial charge is 0.306 e. The van der Waals surface area contributed by atoms with Gasteiger partial charge >= 0.3 is 17.9 Å². The van der Waals surface area contributed by atoms with Crippen LogP contribution >= 0.6 is 0 Å². The van der Waals surface area contributed by atoms with Crippen molar-refractivity contribution in [2.45, 2.75) is 348 Å². The summed E-state index contributed by atoms with van der Waals surface area (Å²) < 4.78 is 16.9. The third kappa shape index (κ3) is 61.8. The molecule has 0 fully saturated rings. The zero-order valence-electron chi connectivity index (χ0n) is 50.1. The number of hydrogen-bond donors (Lipinski definition) is 0. The van der Waals surface area contributed by atoms with Crippen LogP contribution in [0.3, 0.4) is 0 Å². The van der Waals surface area contributed by atoms with E-state index in [1.54, 1.807) is 0 Å². The van der Waals surface area contributed by atoms with Gasteiger partial charge in [-0.1, -0.05) is 293 Å². The number of esters is 3. The van der Waals surface area contributed by atoms with Crippen molar-refractivity contribution in [3.8, 4) is 0 Å². The second-order valence-corrected chi connectivity index (χ2v) is 22.0. The molecule has 0 aromatic rings. The van der Waals surface area contributed by atoms with E-state index < -0.39 is 6.10 Å². The highest BCUT2D eigenvalue weighted by Gasteiger charge is 2.19. The van der Waals surface area contributed by atoms with Gasteiger partial charge in [0.25, 0.3) is 0 Å². The first-order valence-electron chi connectivity index (χ1n) is 32.8. The molecule has 0 spiro atoms. The Morgan fingerprint density at radius 3 is 0.760 bits per heavy atom. The van der Waals surface area contributed by atoms with Gasteiger partial charge in [-0.3, -0.25) is 14.4 Å². The van der Waals surface area contributed by atoms with Gasteiger partial charge in [0.1, 0.15) is 13.2 Å². The molecule has 0 saturated carbocycles. The van der Waals surface area contributed by atoms with Crippen molar-refractivity contribution in [2.75, 3.05) is 13.2 Å². The van der Waals surface area contributed by atoms with Gasteiger partial charge in [-0.2, -0.15) is 0 Å². The Kier molecular flexibility index (Phi) is 61.2. The van der Waals surface area contributed by atoms with Crippen LogP contribution in [0, 0.1) is 0 Å². The van der Waals surface area contributed by atoms with Gasteiger partial charge < -0.3 is 14.2 Å². The fourth-order valence-corrected chi connectivity index (χ4v) is 9.54. The molecule has 1 atom stereocenters. The molecule has 0 aromatic heterocycles. The van der Waals surface area contributed by atoms with Crippen LogP contribution in [-0.4, -0.2) is 37.2 Å². The summed E-state index contributed by atoms with van der Waals surface area (Å²) in [6, 6.07) is 0. The molecule has 0 saturated heterocycles.